The molecule has 0 spiro atoms. The molecule has 3 aromatic rings. The molecule has 2 aromatic heterocycles. The minimum absolute atomic E-state index is 0.240. The molecule has 2 heterocycles. The lowest BCUT2D eigenvalue weighted by Crippen LogP contribution is -2.30. The highest BCUT2D eigenvalue weighted by Gasteiger charge is 2.08. The van der Waals surface area contributed by atoms with Crippen molar-refractivity contribution < 1.29 is 4.79 Å². The van der Waals surface area contributed by atoms with Crippen molar-refractivity contribution in [3.8, 4) is 0 Å². The van der Waals surface area contributed by atoms with E-state index in [9.17, 15) is 9.59 Å². The third-order valence-corrected chi connectivity index (χ3v) is 3.26. The Morgan fingerprint density at radius 3 is 2.70 bits per heavy atom. The van der Waals surface area contributed by atoms with E-state index < -0.39 is 0 Å². The van der Waals surface area contributed by atoms with Crippen LogP contribution in [0.1, 0.15) is 10.5 Å². The predicted molar refractivity (Wildman–Crippen MR) is 87.4 cm³/mol. The number of nitrogens with zero attached hydrogens (tertiary/aromatic N) is 2. The summed E-state index contributed by atoms with van der Waals surface area (Å²) in [5.74, 6) is 0.171. The van der Waals surface area contributed by atoms with Crippen LogP contribution in [0.15, 0.2) is 53.6 Å². The van der Waals surface area contributed by atoms with Gasteiger partial charge in [-0.15, -0.1) is 0 Å². The van der Waals surface area contributed by atoms with Crippen LogP contribution in [0.5, 0.6) is 0 Å². The minimum atomic E-state index is -0.330. The zero-order valence-electron chi connectivity index (χ0n) is 12.2. The summed E-state index contributed by atoms with van der Waals surface area (Å²) in [5.41, 5.74) is -0.0336. The molecule has 0 atom stereocenters. The van der Waals surface area contributed by atoms with Crippen LogP contribution in [0, 0.1) is 0 Å². The second-order valence-corrected chi connectivity index (χ2v) is 4.85. The van der Waals surface area contributed by atoms with Crippen LogP contribution in [0.2, 0.25) is 0 Å². The molecule has 0 saturated heterocycles. The Labute approximate surface area is 131 Å². The monoisotopic (exact) mass is 309 g/mol. The lowest BCUT2D eigenvalue weighted by molar-refractivity contribution is 0.0950. The molecular weight excluding hydrogens is 294 g/mol. The summed E-state index contributed by atoms with van der Waals surface area (Å²) in [6, 6.07) is 10.5. The number of amides is 1. The molecule has 0 radical (unpaired) electrons. The van der Waals surface area contributed by atoms with Gasteiger partial charge in [0.05, 0.1) is 0 Å². The number of hydrogen-bond acceptors (Lipinski definition) is 5. The Morgan fingerprint density at radius 2 is 1.87 bits per heavy atom. The molecule has 116 valence electrons. The number of aromatic amines is 1. The van der Waals surface area contributed by atoms with Crippen molar-refractivity contribution >= 4 is 22.6 Å². The van der Waals surface area contributed by atoms with E-state index in [2.05, 4.69) is 25.6 Å². The number of benzene rings is 1. The number of aromatic nitrogens is 3. The van der Waals surface area contributed by atoms with Crippen molar-refractivity contribution in [2.75, 3.05) is 18.4 Å². The van der Waals surface area contributed by atoms with Gasteiger partial charge >= 0.3 is 0 Å². The number of carbonyl (C=O) groups is 1. The molecule has 3 rings (SSSR count). The third-order valence-electron chi connectivity index (χ3n) is 3.26. The van der Waals surface area contributed by atoms with Gasteiger partial charge in [-0.3, -0.25) is 9.59 Å². The number of anilines is 1. The highest BCUT2D eigenvalue weighted by atomic mass is 16.2. The SMILES string of the molecule is O=C(NCCNc1ncccn1)c1cc2ccccc2c(=O)[nH]1. The smallest absolute Gasteiger partial charge is 0.267 e. The van der Waals surface area contributed by atoms with Crippen molar-refractivity contribution in [3.63, 3.8) is 0 Å². The van der Waals surface area contributed by atoms with Gasteiger partial charge < -0.3 is 15.6 Å². The van der Waals surface area contributed by atoms with E-state index in [1.807, 2.05) is 6.07 Å². The van der Waals surface area contributed by atoms with Crippen molar-refractivity contribution in [1.82, 2.24) is 20.3 Å². The van der Waals surface area contributed by atoms with Gasteiger partial charge in [0.1, 0.15) is 5.69 Å². The van der Waals surface area contributed by atoms with Gasteiger partial charge in [0, 0.05) is 30.9 Å². The minimum Gasteiger partial charge on any atom is -0.352 e. The maximum Gasteiger partial charge on any atom is 0.267 e. The zero-order valence-corrected chi connectivity index (χ0v) is 12.2. The predicted octanol–water partition coefficient (Wildman–Crippen LogP) is 1.16. The van der Waals surface area contributed by atoms with Crippen LogP contribution in [-0.4, -0.2) is 33.9 Å². The Kier molecular flexibility index (Phi) is 4.28. The standard InChI is InChI=1S/C16H15N5O2/c22-14-12-5-2-1-4-11(12)10-13(21-14)15(23)17-8-9-20-16-18-6-3-7-19-16/h1-7,10H,8-9H2,(H,17,23)(H,21,22)(H,18,19,20). The topological polar surface area (TPSA) is 99.8 Å². The molecule has 0 fully saturated rings. The summed E-state index contributed by atoms with van der Waals surface area (Å²) in [7, 11) is 0. The molecule has 0 saturated carbocycles. The Hall–Kier alpha value is -3.22. The summed E-state index contributed by atoms with van der Waals surface area (Å²) in [6.45, 7) is 0.861. The first-order valence-electron chi connectivity index (χ1n) is 7.15. The van der Waals surface area contributed by atoms with Gasteiger partial charge in [-0.2, -0.15) is 0 Å². The number of carbonyl (C=O) groups excluding carboxylic acids is 1. The van der Waals surface area contributed by atoms with Crippen LogP contribution < -0.4 is 16.2 Å². The van der Waals surface area contributed by atoms with Crippen LogP contribution in [0.4, 0.5) is 5.95 Å². The summed E-state index contributed by atoms with van der Waals surface area (Å²) >= 11 is 0. The van der Waals surface area contributed by atoms with Gasteiger partial charge in [-0.1, -0.05) is 18.2 Å². The van der Waals surface area contributed by atoms with E-state index in [1.165, 1.54) is 0 Å². The van der Waals surface area contributed by atoms with Crippen molar-refractivity contribution in [2.24, 2.45) is 0 Å². The molecule has 0 bridgehead atoms. The average molecular weight is 309 g/mol. The average Bonchev–Trinajstić information content (AvgIpc) is 2.59. The maximum atomic E-state index is 12.1. The van der Waals surface area contributed by atoms with E-state index in [-0.39, 0.29) is 17.2 Å². The zero-order chi connectivity index (χ0) is 16.1. The lowest BCUT2D eigenvalue weighted by Gasteiger charge is -2.07. The quantitative estimate of drug-likeness (QED) is 0.614. The first-order valence-corrected chi connectivity index (χ1v) is 7.15. The highest BCUT2D eigenvalue weighted by Crippen LogP contribution is 2.09. The molecule has 7 nitrogen and oxygen atoms in total. The van der Waals surface area contributed by atoms with Crippen molar-refractivity contribution in [2.45, 2.75) is 0 Å². The molecular formula is C16H15N5O2. The lowest BCUT2D eigenvalue weighted by atomic mass is 10.1. The highest BCUT2D eigenvalue weighted by molar-refractivity contribution is 5.96. The normalized spacial score (nSPS) is 10.4. The first kappa shape index (κ1) is 14.7. The van der Waals surface area contributed by atoms with E-state index in [1.54, 1.807) is 42.7 Å². The van der Waals surface area contributed by atoms with Gasteiger partial charge in [0.15, 0.2) is 0 Å². The number of hydrogen-bond donors (Lipinski definition) is 3. The van der Waals surface area contributed by atoms with Crippen LogP contribution in [0.25, 0.3) is 10.8 Å². The molecule has 1 aromatic carbocycles. The molecule has 1 amide bonds. The fraction of sp³-hybridized carbons (Fsp3) is 0.125. The molecule has 0 unspecified atom stereocenters. The number of fused-ring (bicyclic) bond motifs is 1. The molecule has 7 heteroatoms. The second-order valence-electron chi connectivity index (χ2n) is 4.85. The van der Waals surface area contributed by atoms with Gasteiger partial charge in [0.25, 0.3) is 11.5 Å². The molecule has 0 aliphatic heterocycles. The largest absolute Gasteiger partial charge is 0.352 e. The van der Waals surface area contributed by atoms with Gasteiger partial charge in [-0.05, 0) is 23.6 Å². The number of rotatable bonds is 5. The van der Waals surface area contributed by atoms with Crippen LogP contribution in [0.3, 0.4) is 0 Å². The number of nitrogens with one attached hydrogen (secondary N) is 3. The molecule has 23 heavy (non-hydrogen) atoms. The Bertz CT molecular complexity index is 876. The van der Waals surface area contributed by atoms with Crippen molar-refractivity contribution in [1.29, 1.82) is 0 Å². The fourth-order valence-corrected chi connectivity index (χ4v) is 2.17. The maximum absolute atomic E-state index is 12.1. The molecule has 0 aliphatic carbocycles. The third kappa shape index (κ3) is 3.52. The van der Waals surface area contributed by atoms with E-state index in [4.69, 9.17) is 0 Å². The summed E-state index contributed by atoms with van der Waals surface area (Å²) < 4.78 is 0. The second kappa shape index (κ2) is 6.69. The summed E-state index contributed by atoms with van der Waals surface area (Å²) in [6.07, 6.45) is 3.27. The van der Waals surface area contributed by atoms with Crippen molar-refractivity contribution in [3.05, 3.63) is 64.8 Å². The fourth-order valence-electron chi connectivity index (χ4n) is 2.17. The Morgan fingerprint density at radius 1 is 1.09 bits per heavy atom. The van der Waals surface area contributed by atoms with Crippen LogP contribution in [-0.2, 0) is 0 Å². The summed E-state index contributed by atoms with van der Waals surface area (Å²) in [4.78, 5) is 34.7. The van der Waals surface area contributed by atoms with E-state index in [0.717, 1.165) is 5.39 Å². The van der Waals surface area contributed by atoms with E-state index >= 15 is 0 Å². The Balaban J connectivity index is 1.61. The number of pyridine rings is 1. The van der Waals surface area contributed by atoms with Gasteiger partial charge in [-0.25, -0.2) is 9.97 Å². The van der Waals surface area contributed by atoms with E-state index in [0.29, 0.717) is 24.4 Å². The van der Waals surface area contributed by atoms with Gasteiger partial charge in [0.2, 0.25) is 5.95 Å². The molecule has 0 aliphatic rings. The molecule has 3 N–H and O–H groups in total. The van der Waals surface area contributed by atoms with Crippen LogP contribution >= 0.6 is 0 Å². The first-order chi connectivity index (χ1) is 11.2. The number of H-pyrrole nitrogens is 1. The summed E-state index contributed by atoms with van der Waals surface area (Å²) in [5, 5.41) is 7.01.